The first-order valence-electron chi connectivity index (χ1n) is 8.94. The third-order valence-electron chi connectivity index (χ3n) is 4.26. The van der Waals surface area contributed by atoms with Gasteiger partial charge in [-0.1, -0.05) is 6.07 Å². The zero-order valence-electron chi connectivity index (χ0n) is 16.2. The average molecular weight is 370 g/mol. The number of nitrogens with zero attached hydrogens (tertiary/aromatic N) is 2. The number of carbonyl (C=O) groups excluding carboxylic acids is 2. The molecule has 0 aliphatic carbocycles. The standard InChI is InChI=1S/C20H26N4O3/c1-5-24(6-2)18-10-8-16(12-21-18)20(26)23-22-19(25)13-27-17-9-7-14(3)15(4)11-17/h7-12H,5-6,13H2,1-4H3,(H,22,25)(H,23,26). The molecule has 0 aliphatic rings. The number of ether oxygens (including phenoxy) is 1. The number of aromatic nitrogens is 1. The van der Waals surface area contributed by atoms with Gasteiger partial charge in [0.15, 0.2) is 6.61 Å². The maximum Gasteiger partial charge on any atom is 0.276 e. The van der Waals surface area contributed by atoms with E-state index in [1.54, 1.807) is 18.2 Å². The summed E-state index contributed by atoms with van der Waals surface area (Å²) in [6.07, 6.45) is 1.49. The summed E-state index contributed by atoms with van der Waals surface area (Å²) >= 11 is 0. The van der Waals surface area contributed by atoms with E-state index in [-0.39, 0.29) is 6.61 Å². The first-order chi connectivity index (χ1) is 12.9. The van der Waals surface area contributed by atoms with E-state index in [0.29, 0.717) is 11.3 Å². The fraction of sp³-hybridized carbons (Fsp3) is 0.350. The highest BCUT2D eigenvalue weighted by molar-refractivity contribution is 5.95. The molecular weight excluding hydrogens is 344 g/mol. The maximum atomic E-state index is 12.1. The second-order valence-corrected chi connectivity index (χ2v) is 6.11. The topological polar surface area (TPSA) is 83.6 Å². The van der Waals surface area contributed by atoms with Gasteiger partial charge in [-0.2, -0.15) is 0 Å². The molecule has 0 spiro atoms. The molecule has 0 fully saturated rings. The van der Waals surface area contributed by atoms with Crippen molar-refractivity contribution >= 4 is 17.6 Å². The van der Waals surface area contributed by atoms with Gasteiger partial charge in [0.25, 0.3) is 11.8 Å². The quantitative estimate of drug-likeness (QED) is 0.731. The van der Waals surface area contributed by atoms with Crippen molar-refractivity contribution < 1.29 is 14.3 Å². The highest BCUT2D eigenvalue weighted by Gasteiger charge is 2.10. The fourth-order valence-electron chi connectivity index (χ4n) is 2.44. The van der Waals surface area contributed by atoms with E-state index in [9.17, 15) is 9.59 Å². The molecule has 144 valence electrons. The Balaban J connectivity index is 1.82. The smallest absolute Gasteiger partial charge is 0.276 e. The average Bonchev–Trinajstić information content (AvgIpc) is 2.68. The Hall–Kier alpha value is -3.09. The summed E-state index contributed by atoms with van der Waals surface area (Å²) in [5.41, 5.74) is 7.30. The van der Waals surface area contributed by atoms with Gasteiger partial charge in [-0.15, -0.1) is 0 Å². The van der Waals surface area contributed by atoms with Crippen LogP contribution >= 0.6 is 0 Å². The molecule has 0 radical (unpaired) electrons. The lowest BCUT2D eigenvalue weighted by Gasteiger charge is -2.19. The lowest BCUT2D eigenvalue weighted by atomic mass is 10.1. The summed E-state index contributed by atoms with van der Waals surface area (Å²) in [4.78, 5) is 30.3. The number of rotatable bonds is 7. The molecule has 1 heterocycles. The lowest BCUT2D eigenvalue weighted by Crippen LogP contribution is -2.43. The minimum atomic E-state index is -0.450. The third kappa shape index (κ3) is 5.70. The highest BCUT2D eigenvalue weighted by Crippen LogP contribution is 2.16. The monoisotopic (exact) mass is 370 g/mol. The van der Waals surface area contributed by atoms with Gasteiger partial charge in [0, 0.05) is 19.3 Å². The van der Waals surface area contributed by atoms with Crippen molar-refractivity contribution in [3.8, 4) is 5.75 Å². The number of pyridine rings is 1. The van der Waals surface area contributed by atoms with Gasteiger partial charge < -0.3 is 9.64 Å². The van der Waals surface area contributed by atoms with Crippen LogP contribution in [0.15, 0.2) is 36.5 Å². The summed E-state index contributed by atoms with van der Waals surface area (Å²) in [7, 11) is 0. The summed E-state index contributed by atoms with van der Waals surface area (Å²) in [6.45, 7) is 9.55. The molecule has 0 saturated carbocycles. The first-order valence-corrected chi connectivity index (χ1v) is 8.94. The van der Waals surface area contributed by atoms with E-state index in [4.69, 9.17) is 4.74 Å². The van der Waals surface area contributed by atoms with Crippen LogP contribution in [0, 0.1) is 13.8 Å². The number of carbonyl (C=O) groups is 2. The van der Waals surface area contributed by atoms with E-state index in [2.05, 4.69) is 20.7 Å². The Morgan fingerprint density at radius 2 is 1.78 bits per heavy atom. The highest BCUT2D eigenvalue weighted by atomic mass is 16.5. The van der Waals surface area contributed by atoms with E-state index in [0.717, 1.165) is 30.0 Å². The van der Waals surface area contributed by atoms with E-state index < -0.39 is 11.8 Å². The Kier molecular flexibility index (Phi) is 7.16. The molecule has 1 aromatic carbocycles. The van der Waals surface area contributed by atoms with Crippen molar-refractivity contribution in [2.45, 2.75) is 27.7 Å². The minimum Gasteiger partial charge on any atom is -0.484 e. The van der Waals surface area contributed by atoms with Crippen LogP contribution in [-0.2, 0) is 4.79 Å². The molecule has 0 saturated heterocycles. The van der Waals surface area contributed by atoms with Crippen LogP contribution < -0.4 is 20.5 Å². The Labute approximate surface area is 159 Å². The summed E-state index contributed by atoms with van der Waals surface area (Å²) in [6, 6.07) is 9.06. The minimum absolute atomic E-state index is 0.193. The number of hydrogen-bond acceptors (Lipinski definition) is 5. The molecule has 1 aromatic heterocycles. The second kappa shape index (κ2) is 9.56. The number of benzene rings is 1. The number of nitrogens with one attached hydrogen (secondary N) is 2. The SMILES string of the molecule is CCN(CC)c1ccc(C(=O)NNC(=O)COc2ccc(C)c(C)c2)cn1. The van der Waals surface area contributed by atoms with Gasteiger partial charge in [-0.25, -0.2) is 4.98 Å². The van der Waals surface area contributed by atoms with Crippen LogP contribution in [0.4, 0.5) is 5.82 Å². The number of amides is 2. The molecule has 2 aromatic rings. The van der Waals surface area contributed by atoms with E-state index >= 15 is 0 Å². The fourth-order valence-corrected chi connectivity index (χ4v) is 2.44. The predicted molar refractivity (Wildman–Crippen MR) is 105 cm³/mol. The van der Waals surface area contributed by atoms with Crippen LogP contribution in [0.25, 0.3) is 0 Å². The molecule has 2 amide bonds. The van der Waals surface area contributed by atoms with Gasteiger partial charge in [-0.3, -0.25) is 20.4 Å². The molecule has 0 aliphatic heterocycles. The van der Waals surface area contributed by atoms with Crippen LogP contribution in [0.1, 0.15) is 35.3 Å². The molecule has 0 unspecified atom stereocenters. The summed E-state index contributed by atoms with van der Waals surface area (Å²) < 4.78 is 5.43. The van der Waals surface area contributed by atoms with E-state index in [1.807, 2.05) is 39.8 Å². The number of anilines is 1. The molecular formula is C20H26N4O3. The summed E-state index contributed by atoms with van der Waals surface area (Å²) in [5, 5.41) is 0. The van der Waals surface area contributed by atoms with Crippen molar-refractivity contribution in [2.24, 2.45) is 0 Å². The molecule has 2 rings (SSSR count). The van der Waals surface area contributed by atoms with Gasteiger partial charge >= 0.3 is 0 Å². The van der Waals surface area contributed by atoms with Crippen LogP contribution in [-0.4, -0.2) is 36.5 Å². The van der Waals surface area contributed by atoms with Crippen LogP contribution in [0.5, 0.6) is 5.75 Å². The Morgan fingerprint density at radius 1 is 1.04 bits per heavy atom. The maximum absolute atomic E-state index is 12.1. The van der Waals surface area contributed by atoms with Crippen LogP contribution in [0.3, 0.4) is 0 Å². The van der Waals surface area contributed by atoms with Crippen molar-refractivity contribution in [3.05, 3.63) is 53.2 Å². The Morgan fingerprint density at radius 3 is 2.37 bits per heavy atom. The van der Waals surface area contributed by atoms with Gasteiger partial charge in [-0.05, 0) is 63.1 Å². The third-order valence-corrected chi connectivity index (χ3v) is 4.26. The van der Waals surface area contributed by atoms with Crippen molar-refractivity contribution in [2.75, 3.05) is 24.6 Å². The Bertz CT molecular complexity index is 786. The summed E-state index contributed by atoms with van der Waals surface area (Å²) in [5.74, 6) is 0.528. The lowest BCUT2D eigenvalue weighted by molar-refractivity contribution is -0.123. The molecule has 0 bridgehead atoms. The zero-order valence-corrected chi connectivity index (χ0v) is 16.2. The molecule has 7 heteroatoms. The molecule has 2 N–H and O–H groups in total. The van der Waals surface area contributed by atoms with Crippen molar-refractivity contribution in [3.63, 3.8) is 0 Å². The number of hydrogen-bond donors (Lipinski definition) is 2. The van der Waals surface area contributed by atoms with Crippen molar-refractivity contribution in [1.29, 1.82) is 0 Å². The van der Waals surface area contributed by atoms with Gasteiger partial charge in [0.1, 0.15) is 11.6 Å². The molecule has 0 atom stereocenters. The van der Waals surface area contributed by atoms with Gasteiger partial charge in [0.2, 0.25) is 0 Å². The van der Waals surface area contributed by atoms with E-state index in [1.165, 1.54) is 6.20 Å². The number of aryl methyl sites for hydroxylation is 2. The molecule has 7 nitrogen and oxygen atoms in total. The predicted octanol–water partition coefficient (Wildman–Crippen LogP) is 2.38. The first kappa shape index (κ1) is 20.2. The largest absolute Gasteiger partial charge is 0.484 e. The second-order valence-electron chi connectivity index (χ2n) is 6.11. The number of hydrazine groups is 1. The normalized spacial score (nSPS) is 10.2. The molecule has 27 heavy (non-hydrogen) atoms. The van der Waals surface area contributed by atoms with Crippen LogP contribution in [0.2, 0.25) is 0 Å². The van der Waals surface area contributed by atoms with Gasteiger partial charge in [0.05, 0.1) is 5.56 Å². The zero-order chi connectivity index (χ0) is 19.8. The van der Waals surface area contributed by atoms with Crippen molar-refractivity contribution in [1.82, 2.24) is 15.8 Å².